The molecule has 0 unspecified atom stereocenters. The summed E-state index contributed by atoms with van der Waals surface area (Å²) in [6, 6.07) is -0.833. The Bertz CT molecular complexity index is 75.1. The Morgan fingerprint density at radius 2 is 1.33 bits per heavy atom. The predicted molar refractivity (Wildman–Crippen MR) is 24.5 cm³/mol. The van der Waals surface area contributed by atoms with Gasteiger partial charge in [-0.3, -0.25) is 0 Å². The number of amides is 2. The predicted octanol–water partition coefficient (Wildman–Crippen LogP) is -5.22. The van der Waals surface area contributed by atoms with Crippen molar-refractivity contribution in [2.75, 3.05) is 0 Å². The van der Waals surface area contributed by atoms with Gasteiger partial charge in [-0.15, -0.1) is 0 Å². The molecule has 0 aromatic carbocycles. The third kappa shape index (κ3) is 476. The molecule has 2 amide bonds. The molecule has 9 heavy (non-hydrogen) atoms. The van der Waals surface area contributed by atoms with Crippen molar-refractivity contribution in [2.24, 2.45) is 11.5 Å². The summed E-state index contributed by atoms with van der Waals surface area (Å²) in [6.07, 6.45) is 0. The smallest absolute Gasteiger partial charge is 0.550 e. The van der Waals surface area contributed by atoms with Gasteiger partial charge in [-0.05, 0) is 6.92 Å². The molecular formula is C3H7LiN2O3. The van der Waals surface area contributed by atoms with Gasteiger partial charge in [0, 0.05) is 5.97 Å². The second-order valence-electron chi connectivity index (χ2n) is 0.894. The number of hydrogen-bond acceptors (Lipinski definition) is 3. The number of aliphatic carboxylic acids is 1. The molecule has 0 atom stereocenters. The minimum atomic E-state index is -1.08. The first-order valence-electron chi connectivity index (χ1n) is 1.69. The number of carbonyl (C=O) groups excluding carboxylic acids is 2. The van der Waals surface area contributed by atoms with E-state index < -0.39 is 12.0 Å². The molecular weight excluding hydrogens is 119 g/mol. The fourth-order valence-electron chi connectivity index (χ4n) is 0. The summed E-state index contributed by atoms with van der Waals surface area (Å²) in [5.41, 5.74) is 8.50. The van der Waals surface area contributed by atoms with Gasteiger partial charge in [-0.25, -0.2) is 4.79 Å². The number of primary amides is 2. The molecule has 6 heteroatoms. The molecule has 4 N–H and O–H groups in total. The van der Waals surface area contributed by atoms with Gasteiger partial charge >= 0.3 is 24.9 Å². The Morgan fingerprint density at radius 3 is 1.33 bits per heavy atom. The van der Waals surface area contributed by atoms with Crippen LogP contribution in [0.4, 0.5) is 4.79 Å². The molecule has 0 radical (unpaired) electrons. The third-order valence-electron chi connectivity index (χ3n) is 0. The van der Waals surface area contributed by atoms with Gasteiger partial charge in [0.25, 0.3) is 0 Å². The van der Waals surface area contributed by atoms with Gasteiger partial charge < -0.3 is 21.4 Å². The molecule has 0 aliphatic carbocycles. The molecule has 0 fully saturated rings. The summed E-state index contributed by atoms with van der Waals surface area (Å²) in [4.78, 5) is 17.9. The minimum Gasteiger partial charge on any atom is -0.550 e. The van der Waals surface area contributed by atoms with Crippen LogP contribution in [0.2, 0.25) is 0 Å². The van der Waals surface area contributed by atoms with Gasteiger partial charge in [0.05, 0.1) is 0 Å². The number of urea groups is 1. The van der Waals surface area contributed by atoms with Crippen LogP contribution in [0.5, 0.6) is 0 Å². The van der Waals surface area contributed by atoms with E-state index in [2.05, 4.69) is 11.5 Å². The van der Waals surface area contributed by atoms with Crippen LogP contribution in [0.25, 0.3) is 0 Å². The van der Waals surface area contributed by atoms with Crippen molar-refractivity contribution >= 4 is 12.0 Å². The van der Waals surface area contributed by atoms with E-state index in [-0.39, 0.29) is 18.9 Å². The first-order valence-corrected chi connectivity index (χ1v) is 1.69. The van der Waals surface area contributed by atoms with Gasteiger partial charge in [0.1, 0.15) is 0 Å². The SMILES string of the molecule is CC(=O)[O-].NC(N)=O.[Li+]. The van der Waals surface area contributed by atoms with E-state index in [1.54, 1.807) is 0 Å². The average molecular weight is 126 g/mol. The van der Waals surface area contributed by atoms with Crippen molar-refractivity contribution in [3.63, 3.8) is 0 Å². The van der Waals surface area contributed by atoms with Crippen molar-refractivity contribution in [1.29, 1.82) is 0 Å². The standard InChI is InChI=1S/C2H4O2.CH4N2O.Li/c1-2(3)4;2-1(3)4;/h1H3,(H,3,4);(H4,2,3,4);/q;;+1/p-1. The van der Waals surface area contributed by atoms with Crippen molar-refractivity contribution in [3.8, 4) is 0 Å². The molecule has 48 valence electrons. The van der Waals surface area contributed by atoms with Gasteiger partial charge in [-0.2, -0.15) is 0 Å². The van der Waals surface area contributed by atoms with E-state index in [9.17, 15) is 0 Å². The second-order valence-corrected chi connectivity index (χ2v) is 0.894. The molecule has 0 aromatic heterocycles. The Kier molecular flexibility index (Phi) is 18.1. The van der Waals surface area contributed by atoms with E-state index in [4.69, 9.17) is 14.7 Å². The number of carboxylic acid groups (broad SMARTS) is 1. The second kappa shape index (κ2) is 10.3. The Hall–Kier alpha value is -0.663. The molecule has 0 spiro atoms. The average Bonchev–Trinajstić information content (AvgIpc) is 1.25. The van der Waals surface area contributed by atoms with Crippen LogP contribution in [-0.4, -0.2) is 12.0 Å². The molecule has 0 heterocycles. The molecule has 0 saturated heterocycles. The van der Waals surface area contributed by atoms with Gasteiger partial charge in [-0.1, -0.05) is 0 Å². The van der Waals surface area contributed by atoms with Crippen LogP contribution >= 0.6 is 0 Å². The number of nitrogens with two attached hydrogens (primary N) is 2. The number of carbonyl (C=O) groups is 2. The first kappa shape index (κ1) is 15.8. The zero-order valence-electron chi connectivity index (χ0n) is 5.38. The summed E-state index contributed by atoms with van der Waals surface area (Å²) >= 11 is 0. The van der Waals surface area contributed by atoms with E-state index in [0.717, 1.165) is 6.92 Å². The fourth-order valence-corrected chi connectivity index (χ4v) is 0. The van der Waals surface area contributed by atoms with E-state index in [1.165, 1.54) is 0 Å². The summed E-state index contributed by atoms with van der Waals surface area (Å²) in [6.45, 7) is 0.972. The maximum absolute atomic E-state index is 9.00. The van der Waals surface area contributed by atoms with E-state index in [0.29, 0.717) is 0 Å². The minimum absolute atomic E-state index is 0. The monoisotopic (exact) mass is 126 g/mol. The third-order valence-corrected chi connectivity index (χ3v) is 0. The maximum Gasteiger partial charge on any atom is 1.00 e. The van der Waals surface area contributed by atoms with Crippen LogP contribution in [-0.2, 0) is 4.79 Å². The zero-order valence-corrected chi connectivity index (χ0v) is 5.38. The number of carboxylic acids is 1. The molecule has 5 nitrogen and oxygen atoms in total. The Balaban J connectivity index is -0.0000000720. The number of rotatable bonds is 0. The first-order chi connectivity index (χ1) is 3.46. The molecule has 0 saturated carbocycles. The molecule has 0 aliphatic heterocycles. The van der Waals surface area contributed by atoms with Gasteiger partial charge in [0.2, 0.25) is 0 Å². The summed E-state index contributed by atoms with van der Waals surface area (Å²) in [5.74, 6) is -1.08. The molecule has 0 aromatic rings. The van der Waals surface area contributed by atoms with E-state index in [1.807, 2.05) is 0 Å². The van der Waals surface area contributed by atoms with Crippen molar-refractivity contribution in [3.05, 3.63) is 0 Å². The van der Waals surface area contributed by atoms with Crippen molar-refractivity contribution in [2.45, 2.75) is 6.92 Å². The normalized spacial score (nSPS) is 5.44. The largest absolute Gasteiger partial charge is 1.00 e. The van der Waals surface area contributed by atoms with Crippen LogP contribution in [0.15, 0.2) is 0 Å². The van der Waals surface area contributed by atoms with Crippen LogP contribution in [0, 0.1) is 0 Å². The van der Waals surface area contributed by atoms with Crippen LogP contribution < -0.4 is 35.4 Å². The van der Waals surface area contributed by atoms with E-state index >= 15 is 0 Å². The molecule has 0 bridgehead atoms. The number of hydrogen-bond donors (Lipinski definition) is 2. The quantitative estimate of drug-likeness (QED) is 0.316. The van der Waals surface area contributed by atoms with Crippen molar-refractivity contribution < 1.29 is 33.6 Å². The Labute approximate surface area is 64.6 Å². The van der Waals surface area contributed by atoms with Gasteiger partial charge in [0.15, 0.2) is 0 Å². The zero-order chi connectivity index (χ0) is 7.15. The molecule has 0 rings (SSSR count). The summed E-state index contributed by atoms with van der Waals surface area (Å²) in [7, 11) is 0. The maximum atomic E-state index is 9.00. The van der Waals surface area contributed by atoms with Crippen LogP contribution in [0.3, 0.4) is 0 Å². The Morgan fingerprint density at radius 1 is 1.33 bits per heavy atom. The summed E-state index contributed by atoms with van der Waals surface area (Å²) < 4.78 is 0. The molecule has 0 aliphatic rings. The van der Waals surface area contributed by atoms with Crippen LogP contribution in [0.1, 0.15) is 6.92 Å². The fraction of sp³-hybridized carbons (Fsp3) is 0.333. The van der Waals surface area contributed by atoms with Crippen molar-refractivity contribution in [1.82, 2.24) is 0 Å². The summed E-state index contributed by atoms with van der Waals surface area (Å²) in [5, 5.41) is 8.89. The topological polar surface area (TPSA) is 109 Å².